The smallest absolute Gasteiger partial charge is 0.234 e. The average molecular weight is 294 g/mol. The Balaban J connectivity index is 1.94. The predicted octanol–water partition coefficient (Wildman–Crippen LogP) is 3.28. The summed E-state index contributed by atoms with van der Waals surface area (Å²) in [4.78, 5) is 12.5. The summed E-state index contributed by atoms with van der Waals surface area (Å²) in [5.41, 5.74) is 5.76. The number of nitrogen functional groups attached to an aromatic ring is 1. The van der Waals surface area contributed by atoms with Crippen molar-refractivity contribution in [3.63, 3.8) is 0 Å². The van der Waals surface area contributed by atoms with E-state index in [-0.39, 0.29) is 5.75 Å². The molecule has 20 heavy (non-hydrogen) atoms. The van der Waals surface area contributed by atoms with Crippen molar-refractivity contribution in [3.05, 3.63) is 54.1 Å². The van der Waals surface area contributed by atoms with Crippen LogP contribution in [0, 0.1) is 11.6 Å². The van der Waals surface area contributed by atoms with E-state index < -0.39 is 23.2 Å². The quantitative estimate of drug-likeness (QED) is 0.672. The number of thioether (sulfide) groups is 1. The van der Waals surface area contributed by atoms with E-state index in [0.29, 0.717) is 5.69 Å². The molecule has 0 aliphatic heterocycles. The van der Waals surface area contributed by atoms with E-state index in [9.17, 15) is 13.6 Å². The lowest BCUT2D eigenvalue weighted by Crippen LogP contribution is -2.16. The molecule has 0 fully saturated rings. The van der Waals surface area contributed by atoms with E-state index in [1.165, 1.54) is 17.8 Å². The number of hydrogen-bond acceptors (Lipinski definition) is 3. The molecule has 0 saturated heterocycles. The number of anilines is 2. The van der Waals surface area contributed by atoms with E-state index >= 15 is 0 Å². The summed E-state index contributed by atoms with van der Waals surface area (Å²) >= 11 is 1.26. The highest BCUT2D eigenvalue weighted by atomic mass is 32.2. The fourth-order valence-corrected chi connectivity index (χ4v) is 2.20. The van der Waals surface area contributed by atoms with Crippen LogP contribution >= 0.6 is 11.8 Å². The van der Waals surface area contributed by atoms with Crippen LogP contribution in [0.1, 0.15) is 0 Å². The minimum absolute atomic E-state index is 0.0533. The molecule has 0 spiro atoms. The molecule has 2 aromatic rings. The van der Waals surface area contributed by atoms with Crippen molar-refractivity contribution in [2.45, 2.75) is 4.90 Å². The van der Waals surface area contributed by atoms with Crippen molar-refractivity contribution < 1.29 is 13.6 Å². The number of amides is 1. The van der Waals surface area contributed by atoms with Crippen molar-refractivity contribution in [3.8, 4) is 0 Å². The maximum Gasteiger partial charge on any atom is 0.234 e. The molecule has 3 nitrogen and oxygen atoms in total. The van der Waals surface area contributed by atoms with Gasteiger partial charge in [0.15, 0.2) is 0 Å². The molecule has 1 amide bonds. The summed E-state index contributed by atoms with van der Waals surface area (Å²) in [6.07, 6.45) is 0. The van der Waals surface area contributed by atoms with E-state index in [2.05, 4.69) is 5.32 Å². The van der Waals surface area contributed by atoms with Crippen molar-refractivity contribution in [2.24, 2.45) is 0 Å². The van der Waals surface area contributed by atoms with Gasteiger partial charge in [-0.2, -0.15) is 0 Å². The lowest BCUT2D eigenvalue weighted by Gasteiger charge is -2.07. The maximum atomic E-state index is 13.3. The molecule has 0 heterocycles. The van der Waals surface area contributed by atoms with E-state index in [1.807, 2.05) is 0 Å². The Bertz CT molecular complexity index is 597. The third-order valence-electron chi connectivity index (χ3n) is 2.48. The Morgan fingerprint density at radius 2 is 1.70 bits per heavy atom. The molecule has 2 aromatic carbocycles. The molecule has 3 N–H and O–H groups in total. The SMILES string of the molecule is Nc1ccc(SCC(=O)Nc2c(F)cccc2F)cc1. The first-order chi connectivity index (χ1) is 9.56. The van der Waals surface area contributed by atoms with Crippen molar-refractivity contribution in [1.29, 1.82) is 0 Å². The van der Waals surface area contributed by atoms with Crippen LogP contribution in [-0.2, 0) is 4.79 Å². The third-order valence-corrected chi connectivity index (χ3v) is 3.49. The van der Waals surface area contributed by atoms with Crippen molar-refractivity contribution >= 4 is 29.0 Å². The number of rotatable bonds is 4. The fourth-order valence-electron chi connectivity index (χ4n) is 1.51. The number of carbonyl (C=O) groups is 1. The minimum Gasteiger partial charge on any atom is -0.399 e. The number of carbonyl (C=O) groups excluding carboxylic acids is 1. The van der Waals surface area contributed by atoms with Crippen LogP contribution in [0.5, 0.6) is 0 Å². The standard InChI is InChI=1S/C14H12F2N2OS/c15-11-2-1-3-12(16)14(11)18-13(19)8-20-10-6-4-9(17)5-7-10/h1-7H,8,17H2,(H,18,19). The van der Waals surface area contributed by atoms with Gasteiger partial charge in [0.25, 0.3) is 0 Å². The lowest BCUT2D eigenvalue weighted by molar-refractivity contribution is -0.113. The molecule has 2 rings (SSSR count). The number of nitrogens with one attached hydrogen (secondary N) is 1. The third kappa shape index (κ3) is 3.71. The molecular formula is C14H12F2N2OS. The zero-order valence-corrected chi connectivity index (χ0v) is 11.2. The Hall–Kier alpha value is -2.08. The summed E-state index contributed by atoms with van der Waals surface area (Å²) in [5, 5.41) is 2.23. The lowest BCUT2D eigenvalue weighted by atomic mass is 10.3. The number of benzene rings is 2. The molecular weight excluding hydrogens is 282 g/mol. The number of nitrogens with two attached hydrogens (primary N) is 1. The molecule has 104 valence electrons. The minimum atomic E-state index is -0.796. The van der Waals surface area contributed by atoms with E-state index in [1.54, 1.807) is 24.3 Å². The van der Waals surface area contributed by atoms with Crippen LogP contribution < -0.4 is 11.1 Å². The Morgan fingerprint density at radius 3 is 2.30 bits per heavy atom. The van der Waals surface area contributed by atoms with Gasteiger partial charge in [-0.15, -0.1) is 11.8 Å². The van der Waals surface area contributed by atoms with Crippen molar-refractivity contribution in [2.75, 3.05) is 16.8 Å². The molecule has 0 bridgehead atoms. The monoisotopic (exact) mass is 294 g/mol. The summed E-state index contributed by atoms with van der Waals surface area (Å²) in [6, 6.07) is 10.4. The van der Waals surface area contributed by atoms with E-state index in [0.717, 1.165) is 17.0 Å². The van der Waals surface area contributed by atoms with Gasteiger partial charge in [-0.25, -0.2) is 8.78 Å². The van der Waals surface area contributed by atoms with Crippen LogP contribution in [0.2, 0.25) is 0 Å². The highest BCUT2D eigenvalue weighted by Crippen LogP contribution is 2.21. The predicted molar refractivity (Wildman–Crippen MR) is 76.6 cm³/mol. The van der Waals surface area contributed by atoms with Gasteiger partial charge in [-0.3, -0.25) is 4.79 Å². The molecule has 0 saturated carbocycles. The van der Waals surface area contributed by atoms with Crippen molar-refractivity contribution in [1.82, 2.24) is 0 Å². The van der Waals surface area contributed by atoms with Crippen LogP contribution in [0.25, 0.3) is 0 Å². The first-order valence-electron chi connectivity index (χ1n) is 5.78. The van der Waals surface area contributed by atoms with Gasteiger partial charge in [0.1, 0.15) is 17.3 Å². The van der Waals surface area contributed by atoms with Crippen LogP contribution in [0.15, 0.2) is 47.4 Å². The van der Waals surface area contributed by atoms with Crippen LogP contribution in [0.3, 0.4) is 0 Å². The molecule has 0 unspecified atom stereocenters. The molecule has 0 aromatic heterocycles. The highest BCUT2D eigenvalue weighted by Gasteiger charge is 2.11. The topological polar surface area (TPSA) is 55.1 Å². The molecule has 0 aliphatic rings. The second-order valence-corrected chi connectivity index (χ2v) is 5.05. The number of halogens is 2. The molecule has 0 atom stereocenters. The highest BCUT2D eigenvalue weighted by molar-refractivity contribution is 8.00. The average Bonchev–Trinajstić information content (AvgIpc) is 2.42. The summed E-state index contributed by atoms with van der Waals surface area (Å²) in [5.74, 6) is -2.01. The van der Waals surface area contributed by atoms with Gasteiger partial charge in [0.2, 0.25) is 5.91 Å². The van der Waals surface area contributed by atoms with Gasteiger partial charge < -0.3 is 11.1 Å². The van der Waals surface area contributed by atoms with Crippen LogP contribution in [-0.4, -0.2) is 11.7 Å². The Labute approximate surface area is 119 Å². The number of para-hydroxylation sites is 1. The summed E-state index contributed by atoms with van der Waals surface area (Å²) in [6.45, 7) is 0. The van der Waals surface area contributed by atoms with Gasteiger partial charge in [0, 0.05) is 10.6 Å². The Kier molecular flexibility index (Phi) is 4.57. The van der Waals surface area contributed by atoms with Gasteiger partial charge in [0.05, 0.1) is 5.75 Å². The normalized spacial score (nSPS) is 10.3. The molecule has 0 aliphatic carbocycles. The fraction of sp³-hybridized carbons (Fsp3) is 0.0714. The maximum absolute atomic E-state index is 13.3. The largest absolute Gasteiger partial charge is 0.399 e. The second-order valence-electron chi connectivity index (χ2n) is 4.00. The second kappa shape index (κ2) is 6.38. The summed E-state index contributed by atoms with van der Waals surface area (Å²) < 4.78 is 26.7. The number of hydrogen-bond donors (Lipinski definition) is 2. The van der Waals surface area contributed by atoms with Gasteiger partial charge in [-0.1, -0.05) is 6.07 Å². The van der Waals surface area contributed by atoms with E-state index in [4.69, 9.17) is 5.73 Å². The van der Waals surface area contributed by atoms with Gasteiger partial charge >= 0.3 is 0 Å². The first kappa shape index (κ1) is 14.3. The molecule has 6 heteroatoms. The van der Waals surface area contributed by atoms with Crippen LogP contribution in [0.4, 0.5) is 20.2 Å². The zero-order chi connectivity index (χ0) is 14.5. The first-order valence-corrected chi connectivity index (χ1v) is 6.77. The summed E-state index contributed by atoms with van der Waals surface area (Å²) in [7, 11) is 0. The Morgan fingerprint density at radius 1 is 1.10 bits per heavy atom. The molecule has 0 radical (unpaired) electrons. The van der Waals surface area contributed by atoms with Gasteiger partial charge in [-0.05, 0) is 36.4 Å². The zero-order valence-electron chi connectivity index (χ0n) is 10.4.